The third-order valence-corrected chi connectivity index (χ3v) is 3.60. The van der Waals surface area contributed by atoms with Crippen LogP contribution in [-0.4, -0.2) is 37.3 Å². The van der Waals surface area contributed by atoms with Gasteiger partial charge in [0.15, 0.2) is 0 Å². The Morgan fingerprint density at radius 1 is 1.46 bits per heavy atom. The molecule has 0 aromatic heterocycles. The summed E-state index contributed by atoms with van der Waals surface area (Å²) in [5.41, 5.74) is 0. The highest BCUT2D eigenvalue weighted by Crippen LogP contribution is 2.17. The number of hydrogen-bond acceptors (Lipinski definition) is 3. The lowest BCUT2D eigenvalue weighted by molar-refractivity contribution is 0.157. The number of nitrogens with one attached hydrogen (secondary N) is 1. The summed E-state index contributed by atoms with van der Waals surface area (Å²) in [6.45, 7) is 3.06. The van der Waals surface area contributed by atoms with Gasteiger partial charge in [-0.25, -0.2) is 0 Å². The van der Waals surface area contributed by atoms with Gasteiger partial charge in [-0.2, -0.15) is 11.8 Å². The lowest BCUT2D eigenvalue weighted by atomic mass is 10.1. The van der Waals surface area contributed by atoms with E-state index in [1.54, 1.807) is 7.11 Å². The summed E-state index contributed by atoms with van der Waals surface area (Å²) in [4.78, 5) is 0. The maximum absolute atomic E-state index is 5.17. The Balaban J connectivity index is 2.18. The number of ether oxygens (including phenoxy) is 1. The van der Waals surface area contributed by atoms with Gasteiger partial charge in [-0.3, -0.25) is 0 Å². The SMILES string of the molecule is CC[C@H](COC)NC1CCSCC1. The average Bonchev–Trinajstić information content (AvgIpc) is 2.19. The summed E-state index contributed by atoms with van der Waals surface area (Å²) in [7, 11) is 1.78. The minimum absolute atomic E-state index is 0.554. The highest BCUT2D eigenvalue weighted by Gasteiger charge is 2.16. The van der Waals surface area contributed by atoms with Crippen molar-refractivity contribution in [2.45, 2.75) is 38.3 Å². The van der Waals surface area contributed by atoms with Gasteiger partial charge in [0.1, 0.15) is 0 Å². The first kappa shape index (κ1) is 11.3. The molecule has 0 aromatic carbocycles. The van der Waals surface area contributed by atoms with E-state index in [0.717, 1.165) is 19.1 Å². The van der Waals surface area contributed by atoms with Crippen LogP contribution in [0.1, 0.15) is 26.2 Å². The Kier molecular flexibility index (Phi) is 5.83. The van der Waals surface area contributed by atoms with Crippen molar-refractivity contribution in [1.29, 1.82) is 0 Å². The summed E-state index contributed by atoms with van der Waals surface area (Å²) >= 11 is 2.08. The van der Waals surface area contributed by atoms with Crippen LogP contribution < -0.4 is 5.32 Å². The van der Waals surface area contributed by atoms with E-state index >= 15 is 0 Å². The van der Waals surface area contributed by atoms with Crippen LogP contribution in [0.2, 0.25) is 0 Å². The molecule has 1 saturated heterocycles. The smallest absolute Gasteiger partial charge is 0.0615 e. The number of rotatable bonds is 5. The Bertz CT molecular complexity index is 123. The van der Waals surface area contributed by atoms with Crippen LogP contribution in [0.5, 0.6) is 0 Å². The summed E-state index contributed by atoms with van der Waals surface area (Å²) < 4.78 is 5.17. The molecule has 78 valence electrons. The van der Waals surface area contributed by atoms with Crippen molar-refractivity contribution in [3.05, 3.63) is 0 Å². The topological polar surface area (TPSA) is 21.3 Å². The third-order valence-electron chi connectivity index (χ3n) is 2.55. The molecule has 1 N–H and O–H groups in total. The summed E-state index contributed by atoms with van der Waals surface area (Å²) in [5.74, 6) is 2.64. The van der Waals surface area contributed by atoms with Crippen LogP contribution in [0, 0.1) is 0 Å². The molecular weight excluding hydrogens is 182 g/mol. The molecule has 3 heteroatoms. The second-order valence-electron chi connectivity index (χ2n) is 3.61. The lowest BCUT2D eigenvalue weighted by Gasteiger charge is -2.27. The van der Waals surface area contributed by atoms with Crippen LogP contribution in [0.15, 0.2) is 0 Å². The van der Waals surface area contributed by atoms with Gasteiger partial charge in [0, 0.05) is 19.2 Å². The summed E-state index contributed by atoms with van der Waals surface area (Å²) in [6.07, 6.45) is 3.81. The van der Waals surface area contributed by atoms with E-state index in [4.69, 9.17) is 4.74 Å². The van der Waals surface area contributed by atoms with Gasteiger partial charge in [0.2, 0.25) is 0 Å². The Morgan fingerprint density at radius 2 is 2.15 bits per heavy atom. The fraction of sp³-hybridized carbons (Fsp3) is 1.00. The Hall–Kier alpha value is 0.270. The molecule has 0 amide bonds. The van der Waals surface area contributed by atoms with Crippen LogP contribution in [0.4, 0.5) is 0 Å². The van der Waals surface area contributed by atoms with E-state index in [0.29, 0.717) is 6.04 Å². The number of hydrogen-bond donors (Lipinski definition) is 1. The zero-order chi connectivity index (χ0) is 9.52. The van der Waals surface area contributed by atoms with Crippen molar-refractivity contribution in [2.75, 3.05) is 25.2 Å². The second-order valence-corrected chi connectivity index (χ2v) is 4.84. The molecule has 1 aliphatic heterocycles. The Labute approximate surface area is 85.8 Å². The third kappa shape index (κ3) is 4.34. The van der Waals surface area contributed by atoms with Crippen LogP contribution in [-0.2, 0) is 4.74 Å². The predicted octanol–water partition coefficient (Wildman–Crippen LogP) is 1.90. The zero-order valence-electron chi connectivity index (χ0n) is 8.71. The number of methoxy groups -OCH3 is 1. The monoisotopic (exact) mass is 203 g/mol. The Morgan fingerprint density at radius 3 is 2.69 bits per heavy atom. The first-order chi connectivity index (χ1) is 6.36. The van der Waals surface area contributed by atoms with Crippen molar-refractivity contribution >= 4 is 11.8 Å². The predicted molar refractivity (Wildman–Crippen MR) is 59.4 cm³/mol. The molecule has 0 aliphatic carbocycles. The van der Waals surface area contributed by atoms with E-state index in [-0.39, 0.29) is 0 Å². The van der Waals surface area contributed by atoms with Crippen LogP contribution >= 0.6 is 11.8 Å². The van der Waals surface area contributed by atoms with Gasteiger partial charge in [0.25, 0.3) is 0 Å². The molecule has 13 heavy (non-hydrogen) atoms. The molecule has 1 aliphatic rings. The maximum atomic E-state index is 5.17. The largest absolute Gasteiger partial charge is 0.383 e. The van der Waals surface area contributed by atoms with Crippen LogP contribution in [0.25, 0.3) is 0 Å². The molecule has 0 radical (unpaired) electrons. The van der Waals surface area contributed by atoms with Crippen molar-refractivity contribution in [2.24, 2.45) is 0 Å². The molecule has 1 atom stereocenters. The molecule has 1 fully saturated rings. The highest BCUT2D eigenvalue weighted by molar-refractivity contribution is 7.99. The fourth-order valence-electron chi connectivity index (χ4n) is 1.68. The van der Waals surface area contributed by atoms with Gasteiger partial charge >= 0.3 is 0 Å². The zero-order valence-corrected chi connectivity index (χ0v) is 9.53. The normalized spacial score (nSPS) is 21.7. The van der Waals surface area contributed by atoms with E-state index in [1.165, 1.54) is 24.3 Å². The van der Waals surface area contributed by atoms with Gasteiger partial charge in [-0.15, -0.1) is 0 Å². The quantitative estimate of drug-likeness (QED) is 0.737. The first-order valence-electron chi connectivity index (χ1n) is 5.19. The molecule has 1 heterocycles. The van der Waals surface area contributed by atoms with Gasteiger partial charge < -0.3 is 10.1 Å². The van der Waals surface area contributed by atoms with E-state index in [1.807, 2.05) is 0 Å². The van der Waals surface area contributed by atoms with Crippen molar-refractivity contribution in [1.82, 2.24) is 5.32 Å². The van der Waals surface area contributed by atoms with Gasteiger partial charge in [-0.05, 0) is 30.8 Å². The van der Waals surface area contributed by atoms with Crippen molar-refractivity contribution in [3.63, 3.8) is 0 Å². The minimum Gasteiger partial charge on any atom is -0.383 e. The molecule has 0 saturated carbocycles. The molecule has 0 bridgehead atoms. The summed E-state index contributed by atoms with van der Waals surface area (Å²) in [5, 5.41) is 3.67. The fourth-order valence-corrected chi connectivity index (χ4v) is 2.79. The molecule has 2 nitrogen and oxygen atoms in total. The minimum atomic E-state index is 0.554. The van der Waals surface area contributed by atoms with E-state index in [2.05, 4.69) is 24.0 Å². The molecular formula is C10H21NOS. The average molecular weight is 203 g/mol. The lowest BCUT2D eigenvalue weighted by Crippen LogP contribution is -2.42. The second kappa shape index (κ2) is 6.68. The first-order valence-corrected chi connectivity index (χ1v) is 6.35. The molecule has 0 unspecified atom stereocenters. The van der Waals surface area contributed by atoms with Crippen molar-refractivity contribution in [3.8, 4) is 0 Å². The number of thioether (sulfide) groups is 1. The standard InChI is InChI=1S/C10H21NOS/c1-3-9(8-12-2)11-10-4-6-13-7-5-10/h9-11H,3-8H2,1-2H3/t9-/m1/s1. The molecule has 0 aromatic rings. The van der Waals surface area contributed by atoms with Gasteiger partial charge in [0.05, 0.1) is 6.61 Å². The highest BCUT2D eigenvalue weighted by atomic mass is 32.2. The van der Waals surface area contributed by atoms with Crippen molar-refractivity contribution < 1.29 is 4.74 Å². The molecule has 0 spiro atoms. The van der Waals surface area contributed by atoms with Gasteiger partial charge in [-0.1, -0.05) is 6.92 Å². The van der Waals surface area contributed by atoms with Crippen LogP contribution in [0.3, 0.4) is 0 Å². The molecule has 1 rings (SSSR count). The van der Waals surface area contributed by atoms with E-state index < -0.39 is 0 Å². The van der Waals surface area contributed by atoms with E-state index in [9.17, 15) is 0 Å². The summed E-state index contributed by atoms with van der Waals surface area (Å²) in [6, 6.07) is 1.29. The maximum Gasteiger partial charge on any atom is 0.0615 e.